The minimum absolute atomic E-state index is 0.0187. The largest absolute Gasteiger partial charge is 0.492 e. The summed E-state index contributed by atoms with van der Waals surface area (Å²) < 4.78 is 6.07. The number of likely N-dealkylation sites (tertiary alicyclic amines) is 1. The number of likely N-dealkylation sites (N-methyl/N-ethyl adjacent to an activating group) is 1. The summed E-state index contributed by atoms with van der Waals surface area (Å²) in [5.41, 5.74) is 2.51. The summed E-state index contributed by atoms with van der Waals surface area (Å²) in [5.74, 6) is 0.742. The van der Waals surface area contributed by atoms with Gasteiger partial charge in [0.25, 0.3) is 5.91 Å². The smallest absolute Gasteiger partial charge is 0.254 e. The van der Waals surface area contributed by atoms with Crippen LogP contribution < -0.4 is 9.64 Å². The van der Waals surface area contributed by atoms with Gasteiger partial charge in [-0.15, -0.1) is 0 Å². The number of carbonyl (C=O) groups is 2. The van der Waals surface area contributed by atoms with Crippen LogP contribution in [0, 0.1) is 0 Å². The normalized spacial score (nSPS) is 18.4. The van der Waals surface area contributed by atoms with Gasteiger partial charge in [-0.1, -0.05) is 37.1 Å². The van der Waals surface area contributed by atoms with Crippen molar-refractivity contribution in [1.82, 2.24) is 14.7 Å². The zero-order valence-electron chi connectivity index (χ0n) is 22.5. The van der Waals surface area contributed by atoms with Crippen LogP contribution in [-0.4, -0.2) is 86.0 Å². The molecule has 2 heterocycles. The Labute approximate surface area is 222 Å². The van der Waals surface area contributed by atoms with Crippen LogP contribution in [0.3, 0.4) is 0 Å². The van der Waals surface area contributed by atoms with Gasteiger partial charge in [0.1, 0.15) is 12.4 Å². The predicted molar refractivity (Wildman–Crippen MR) is 148 cm³/mol. The number of nitrogens with zero attached hydrogens (tertiary/aromatic N) is 4. The van der Waals surface area contributed by atoms with E-state index in [0.29, 0.717) is 31.8 Å². The molecule has 7 heteroatoms. The van der Waals surface area contributed by atoms with Crippen molar-refractivity contribution < 1.29 is 14.3 Å². The number of anilines is 1. The van der Waals surface area contributed by atoms with Gasteiger partial charge in [-0.3, -0.25) is 14.5 Å². The van der Waals surface area contributed by atoms with E-state index in [1.165, 1.54) is 25.7 Å². The number of rotatable bonds is 5. The molecule has 2 aliphatic heterocycles. The van der Waals surface area contributed by atoms with E-state index >= 15 is 0 Å². The molecule has 2 aromatic rings. The Kier molecular flexibility index (Phi) is 9.97. The number of hydrogen-bond acceptors (Lipinski definition) is 5. The fourth-order valence-electron chi connectivity index (χ4n) is 5.27. The number of benzene rings is 2. The molecule has 0 saturated carbocycles. The van der Waals surface area contributed by atoms with Crippen molar-refractivity contribution in [2.75, 3.05) is 64.4 Å². The Bertz CT molecular complexity index is 1030. The first-order valence-corrected chi connectivity index (χ1v) is 13.8. The van der Waals surface area contributed by atoms with E-state index in [2.05, 4.69) is 16.8 Å². The third-order valence-electron chi connectivity index (χ3n) is 7.44. The Morgan fingerprint density at radius 1 is 0.838 bits per heavy atom. The quantitative estimate of drug-likeness (QED) is 0.606. The van der Waals surface area contributed by atoms with Crippen LogP contribution in [0.1, 0.15) is 54.9 Å². The number of para-hydroxylation sites is 1. The Morgan fingerprint density at radius 3 is 2.41 bits per heavy atom. The van der Waals surface area contributed by atoms with E-state index in [1.807, 2.05) is 58.3 Å². The third kappa shape index (κ3) is 7.79. The number of ether oxygens (including phenoxy) is 1. The van der Waals surface area contributed by atoms with Gasteiger partial charge in [0.2, 0.25) is 5.91 Å². The average Bonchev–Trinajstić information content (AvgIpc) is 3.19. The van der Waals surface area contributed by atoms with E-state index in [1.54, 1.807) is 6.92 Å². The summed E-state index contributed by atoms with van der Waals surface area (Å²) in [5, 5.41) is 0. The molecular weight excluding hydrogens is 464 g/mol. The molecule has 2 aromatic carbocycles. The maximum absolute atomic E-state index is 13.8. The molecule has 0 spiro atoms. The van der Waals surface area contributed by atoms with Crippen molar-refractivity contribution in [1.29, 1.82) is 0 Å². The van der Waals surface area contributed by atoms with E-state index in [-0.39, 0.29) is 11.8 Å². The summed E-state index contributed by atoms with van der Waals surface area (Å²) >= 11 is 0. The number of fused-ring (bicyclic) bond motifs is 1. The summed E-state index contributed by atoms with van der Waals surface area (Å²) in [7, 11) is 2.07. The van der Waals surface area contributed by atoms with E-state index < -0.39 is 0 Å². The fourth-order valence-corrected chi connectivity index (χ4v) is 5.27. The lowest BCUT2D eigenvalue weighted by Crippen LogP contribution is -2.37. The minimum Gasteiger partial charge on any atom is -0.492 e. The molecule has 200 valence electrons. The van der Waals surface area contributed by atoms with E-state index in [0.717, 1.165) is 56.1 Å². The second-order valence-corrected chi connectivity index (χ2v) is 10.3. The highest BCUT2D eigenvalue weighted by Gasteiger charge is 2.22. The van der Waals surface area contributed by atoms with Crippen molar-refractivity contribution in [3.63, 3.8) is 0 Å². The SMILES string of the molecule is CC(=O)N1CCCN(C)CCN(C(=O)c2cccc(OCCN3CCCCCC3)c2)Cc2ccccc21. The monoisotopic (exact) mass is 506 g/mol. The van der Waals surface area contributed by atoms with Gasteiger partial charge in [-0.05, 0) is 75.8 Å². The van der Waals surface area contributed by atoms with Gasteiger partial charge in [0.15, 0.2) is 0 Å². The van der Waals surface area contributed by atoms with Gasteiger partial charge in [-0.2, -0.15) is 0 Å². The molecule has 37 heavy (non-hydrogen) atoms. The van der Waals surface area contributed by atoms with Gasteiger partial charge in [0, 0.05) is 50.9 Å². The molecule has 0 bridgehead atoms. The Hall–Kier alpha value is -2.90. The molecule has 0 atom stereocenters. The minimum atomic E-state index is -0.0187. The lowest BCUT2D eigenvalue weighted by Gasteiger charge is -2.27. The maximum Gasteiger partial charge on any atom is 0.254 e. The summed E-state index contributed by atoms with van der Waals surface area (Å²) in [6.45, 7) is 8.83. The lowest BCUT2D eigenvalue weighted by atomic mass is 10.1. The van der Waals surface area contributed by atoms with Crippen LogP contribution >= 0.6 is 0 Å². The third-order valence-corrected chi connectivity index (χ3v) is 7.44. The van der Waals surface area contributed by atoms with Crippen LogP contribution in [0.25, 0.3) is 0 Å². The van der Waals surface area contributed by atoms with Gasteiger partial charge in [0.05, 0.1) is 0 Å². The van der Waals surface area contributed by atoms with Crippen molar-refractivity contribution in [2.45, 2.75) is 45.6 Å². The van der Waals surface area contributed by atoms with Crippen LogP contribution in [0.4, 0.5) is 5.69 Å². The van der Waals surface area contributed by atoms with Gasteiger partial charge in [-0.25, -0.2) is 0 Å². The van der Waals surface area contributed by atoms with Crippen LogP contribution in [0.15, 0.2) is 48.5 Å². The predicted octanol–water partition coefficient (Wildman–Crippen LogP) is 4.27. The standard InChI is InChI=1S/C30H42N4O3/c1-25(35)34-18-10-15-31(2)19-20-33(24-27-11-5-6-14-29(27)34)30(36)26-12-9-13-28(23-26)37-22-21-32-16-7-3-4-8-17-32/h5-6,9,11-14,23H,3-4,7-8,10,15-22,24H2,1-2H3. The molecule has 0 unspecified atom stereocenters. The van der Waals surface area contributed by atoms with Crippen molar-refractivity contribution in [3.05, 3.63) is 59.7 Å². The number of amides is 2. The van der Waals surface area contributed by atoms with Crippen LogP contribution in [0.2, 0.25) is 0 Å². The van der Waals surface area contributed by atoms with E-state index in [4.69, 9.17) is 4.74 Å². The molecular formula is C30H42N4O3. The topological polar surface area (TPSA) is 56.3 Å². The highest BCUT2D eigenvalue weighted by molar-refractivity contribution is 5.95. The fraction of sp³-hybridized carbons (Fsp3) is 0.533. The average molecular weight is 507 g/mol. The lowest BCUT2D eigenvalue weighted by molar-refractivity contribution is -0.116. The van der Waals surface area contributed by atoms with Gasteiger partial charge >= 0.3 is 0 Å². The van der Waals surface area contributed by atoms with Crippen molar-refractivity contribution >= 4 is 17.5 Å². The summed E-state index contributed by atoms with van der Waals surface area (Å²) in [6, 6.07) is 15.5. The van der Waals surface area contributed by atoms with Crippen molar-refractivity contribution in [2.24, 2.45) is 0 Å². The number of hydrogen-bond donors (Lipinski definition) is 0. The molecule has 4 rings (SSSR count). The van der Waals surface area contributed by atoms with Crippen molar-refractivity contribution in [3.8, 4) is 5.75 Å². The molecule has 2 amide bonds. The molecule has 7 nitrogen and oxygen atoms in total. The number of carbonyl (C=O) groups excluding carboxylic acids is 2. The highest BCUT2D eigenvalue weighted by Crippen LogP contribution is 2.25. The molecule has 1 fully saturated rings. The first-order chi connectivity index (χ1) is 18.0. The van der Waals surface area contributed by atoms with Crippen LogP contribution in [0.5, 0.6) is 5.75 Å². The molecule has 0 aromatic heterocycles. The van der Waals surface area contributed by atoms with Crippen LogP contribution in [-0.2, 0) is 11.3 Å². The Morgan fingerprint density at radius 2 is 1.62 bits per heavy atom. The second kappa shape index (κ2) is 13.6. The summed E-state index contributed by atoms with van der Waals surface area (Å²) in [4.78, 5) is 34.7. The molecule has 2 aliphatic rings. The molecule has 0 aliphatic carbocycles. The summed E-state index contributed by atoms with van der Waals surface area (Å²) in [6.07, 6.45) is 6.07. The highest BCUT2D eigenvalue weighted by atomic mass is 16.5. The molecule has 1 saturated heterocycles. The first-order valence-electron chi connectivity index (χ1n) is 13.8. The Balaban J connectivity index is 1.48. The first kappa shape index (κ1) is 27.1. The second-order valence-electron chi connectivity index (χ2n) is 10.3. The molecule has 0 N–H and O–H groups in total. The zero-order chi connectivity index (χ0) is 26.0. The zero-order valence-corrected chi connectivity index (χ0v) is 22.5. The maximum atomic E-state index is 13.8. The van der Waals surface area contributed by atoms with Gasteiger partial charge < -0.3 is 19.4 Å². The van der Waals surface area contributed by atoms with E-state index in [9.17, 15) is 9.59 Å². The molecule has 0 radical (unpaired) electrons.